The van der Waals surface area contributed by atoms with E-state index in [1.54, 1.807) is 31.4 Å². The van der Waals surface area contributed by atoms with Gasteiger partial charge in [0.05, 0.1) is 26.4 Å². The van der Waals surface area contributed by atoms with E-state index >= 15 is 0 Å². The van der Waals surface area contributed by atoms with Crippen molar-refractivity contribution in [2.45, 2.75) is 6.04 Å². The molecule has 1 aliphatic heterocycles. The number of amides is 2. The van der Waals surface area contributed by atoms with Gasteiger partial charge in [-0.05, 0) is 42.0 Å². The quantitative estimate of drug-likeness (QED) is 0.793. The van der Waals surface area contributed by atoms with E-state index in [2.05, 4.69) is 21.6 Å². The first-order valence-corrected chi connectivity index (χ1v) is 9.29. The molecule has 0 spiro atoms. The molecule has 7 heteroatoms. The number of anilines is 1. The van der Waals surface area contributed by atoms with Gasteiger partial charge >= 0.3 is 6.03 Å². The van der Waals surface area contributed by atoms with Crippen LogP contribution in [0.2, 0.25) is 5.02 Å². The highest BCUT2D eigenvalue weighted by molar-refractivity contribution is 6.30. The fraction of sp³-hybridized carbons (Fsp3) is 0.350. The minimum absolute atomic E-state index is 0.0416. The third-order valence-corrected chi connectivity index (χ3v) is 4.78. The van der Waals surface area contributed by atoms with Crippen LogP contribution in [0.3, 0.4) is 0 Å². The summed E-state index contributed by atoms with van der Waals surface area (Å²) in [5.74, 6) is 0.802. The fourth-order valence-corrected chi connectivity index (χ4v) is 3.22. The van der Waals surface area contributed by atoms with Crippen LogP contribution in [0.1, 0.15) is 11.6 Å². The summed E-state index contributed by atoms with van der Waals surface area (Å²) in [5, 5.41) is 6.43. The van der Waals surface area contributed by atoms with Gasteiger partial charge in [-0.2, -0.15) is 0 Å². The van der Waals surface area contributed by atoms with Gasteiger partial charge in [-0.1, -0.05) is 23.7 Å². The van der Waals surface area contributed by atoms with Gasteiger partial charge in [-0.15, -0.1) is 0 Å². The molecule has 1 saturated heterocycles. The normalized spacial score (nSPS) is 15.8. The van der Waals surface area contributed by atoms with E-state index in [1.807, 2.05) is 18.2 Å². The molecule has 0 radical (unpaired) electrons. The van der Waals surface area contributed by atoms with Gasteiger partial charge < -0.3 is 20.1 Å². The molecular formula is C20H24ClN3O3. The van der Waals surface area contributed by atoms with Crippen molar-refractivity contribution in [2.75, 3.05) is 45.3 Å². The van der Waals surface area contributed by atoms with Crippen molar-refractivity contribution < 1.29 is 14.3 Å². The van der Waals surface area contributed by atoms with Crippen LogP contribution in [0, 0.1) is 0 Å². The number of methoxy groups -OCH3 is 1. The molecule has 1 atom stereocenters. The summed E-state index contributed by atoms with van der Waals surface area (Å²) >= 11 is 5.88. The van der Waals surface area contributed by atoms with Crippen molar-refractivity contribution in [2.24, 2.45) is 0 Å². The second-order valence-corrected chi connectivity index (χ2v) is 6.72. The lowest BCUT2D eigenvalue weighted by Crippen LogP contribution is -2.44. The third kappa shape index (κ3) is 5.60. The lowest BCUT2D eigenvalue weighted by atomic mass is 10.0. The molecule has 2 aromatic carbocycles. The Hall–Kier alpha value is -2.28. The standard InChI is InChI=1S/C20H24ClN3O3/c1-26-18-4-2-3-15(13-18)19(24-9-11-27-12-10-24)14-22-20(25)23-17-7-5-16(21)6-8-17/h2-8,13,19H,9-12,14H2,1H3,(H2,22,23,25)/t19-/m1/s1. The minimum Gasteiger partial charge on any atom is -0.497 e. The highest BCUT2D eigenvalue weighted by Crippen LogP contribution is 2.25. The average Bonchev–Trinajstić information content (AvgIpc) is 2.71. The molecule has 0 aliphatic carbocycles. The lowest BCUT2D eigenvalue weighted by molar-refractivity contribution is 0.0167. The van der Waals surface area contributed by atoms with E-state index in [0.29, 0.717) is 30.5 Å². The van der Waals surface area contributed by atoms with Crippen LogP contribution < -0.4 is 15.4 Å². The Morgan fingerprint density at radius 2 is 1.96 bits per heavy atom. The highest BCUT2D eigenvalue weighted by Gasteiger charge is 2.23. The number of halogens is 1. The fourth-order valence-electron chi connectivity index (χ4n) is 3.09. The van der Waals surface area contributed by atoms with Crippen LogP contribution in [-0.2, 0) is 4.74 Å². The minimum atomic E-state index is -0.251. The first kappa shape index (κ1) is 19.5. The van der Waals surface area contributed by atoms with Gasteiger partial charge in [0, 0.05) is 30.3 Å². The predicted molar refractivity (Wildman–Crippen MR) is 107 cm³/mol. The number of carbonyl (C=O) groups is 1. The van der Waals surface area contributed by atoms with Crippen molar-refractivity contribution in [3.05, 3.63) is 59.1 Å². The SMILES string of the molecule is COc1cccc([C@@H](CNC(=O)Nc2ccc(Cl)cc2)N2CCOCC2)c1. The number of rotatable bonds is 6. The first-order chi connectivity index (χ1) is 13.2. The summed E-state index contributed by atoms with van der Waals surface area (Å²) in [7, 11) is 1.65. The molecule has 1 fully saturated rings. The Morgan fingerprint density at radius 1 is 1.22 bits per heavy atom. The van der Waals surface area contributed by atoms with Gasteiger partial charge in [-0.25, -0.2) is 4.79 Å². The van der Waals surface area contributed by atoms with Gasteiger partial charge in [0.2, 0.25) is 0 Å². The summed E-state index contributed by atoms with van der Waals surface area (Å²) < 4.78 is 10.8. The zero-order valence-corrected chi connectivity index (χ0v) is 16.0. The van der Waals surface area contributed by atoms with Crippen LogP contribution >= 0.6 is 11.6 Å². The van der Waals surface area contributed by atoms with E-state index in [-0.39, 0.29) is 12.1 Å². The third-order valence-electron chi connectivity index (χ3n) is 4.52. The molecule has 1 heterocycles. The van der Waals surface area contributed by atoms with E-state index in [4.69, 9.17) is 21.1 Å². The maximum Gasteiger partial charge on any atom is 0.319 e. The molecule has 144 valence electrons. The molecule has 0 bridgehead atoms. The molecule has 27 heavy (non-hydrogen) atoms. The Labute approximate surface area is 164 Å². The number of nitrogens with one attached hydrogen (secondary N) is 2. The van der Waals surface area contributed by atoms with Gasteiger partial charge in [0.1, 0.15) is 5.75 Å². The number of ether oxygens (including phenoxy) is 2. The zero-order valence-electron chi connectivity index (χ0n) is 15.3. The van der Waals surface area contributed by atoms with E-state index < -0.39 is 0 Å². The van der Waals surface area contributed by atoms with Crippen LogP contribution in [0.4, 0.5) is 10.5 Å². The second-order valence-electron chi connectivity index (χ2n) is 6.28. The molecule has 0 aromatic heterocycles. The predicted octanol–water partition coefficient (Wildman–Crippen LogP) is 3.54. The summed E-state index contributed by atoms with van der Waals surface area (Å²) in [6.45, 7) is 3.51. The van der Waals surface area contributed by atoms with Crippen LogP contribution in [-0.4, -0.2) is 50.9 Å². The van der Waals surface area contributed by atoms with Crippen molar-refractivity contribution >= 4 is 23.3 Å². The molecule has 2 amide bonds. The number of nitrogens with zero attached hydrogens (tertiary/aromatic N) is 1. The maximum absolute atomic E-state index is 12.3. The molecule has 2 N–H and O–H groups in total. The van der Waals surface area contributed by atoms with Crippen molar-refractivity contribution in [3.63, 3.8) is 0 Å². The molecule has 0 unspecified atom stereocenters. The lowest BCUT2D eigenvalue weighted by Gasteiger charge is -2.35. The topological polar surface area (TPSA) is 62.8 Å². The largest absolute Gasteiger partial charge is 0.497 e. The number of urea groups is 1. The number of carbonyl (C=O) groups excluding carboxylic acids is 1. The van der Waals surface area contributed by atoms with Crippen LogP contribution in [0.5, 0.6) is 5.75 Å². The number of hydrogen-bond donors (Lipinski definition) is 2. The molecule has 0 saturated carbocycles. The summed E-state index contributed by atoms with van der Waals surface area (Å²) in [6.07, 6.45) is 0. The van der Waals surface area contributed by atoms with Crippen molar-refractivity contribution in [1.82, 2.24) is 10.2 Å². The smallest absolute Gasteiger partial charge is 0.319 e. The highest BCUT2D eigenvalue weighted by atomic mass is 35.5. The second kappa shape index (κ2) is 9.60. The van der Waals surface area contributed by atoms with E-state index in [0.717, 1.165) is 24.4 Å². The molecular weight excluding hydrogens is 366 g/mol. The Balaban J connectivity index is 1.67. The molecule has 1 aliphatic rings. The summed E-state index contributed by atoms with van der Waals surface area (Å²) in [6, 6.07) is 14.8. The maximum atomic E-state index is 12.3. The molecule has 3 rings (SSSR count). The monoisotopic (exact) mass is 389 g/mol. The Kier molecular flexibility index (Phi) is 6.92. The van der Waals surface area contributed by atoms with Crippen molar-refractivity contribution in [3.8, 4) is 5.75 Å². The van der Waals surface area contributed by atoms with E-state index in [1.165, 1.54) is 0 Å². The van der Waals surface area contributed by atoms with Crippen LogP contribution in [0.25, 0.3) is 0 Å². The summed E-state index contributed by atoms with van der Waals surface area (Å²) in [4.78, 5) is 14.6. The Bertz CT molecular complexity index is 748. The van der Waals surface area contributed by atoms with Gasteiger partial charge in [0.15, 0.2) is 0 Å². The Morgan fingerprint density at radius 3 is 2.67 bits per heavy atom. The number of hydrogen-bond acceptors (Lipinski definition) is 4. The average molecular weight is 390 g/mol. The zero-order chi connectivity index (χ0) is 19.1. The summed E-state index contributed by atoms with van der Waals surface area (Å²) in [5.41, 5.74) is 1.80. The first-order valence-electron chi connectivity index (χ1n) is 8.92. The van der Waals surface area contributed by atoms with Crippen molar-refractivity contribution in [1.29, 1.82) is 0 Å². The molecule has 2 aromatic rings. The van der Waals surface area contributed by atoms with Crippen LogP contribution in [0.15, 0.2) is 48.5 Å². The van der Waals surface area contributed by atoms with Gasteiger partial charge in [0.25, 0.3) is 0 Å². The molecule has 6 nitrogen and oxygen atoms in total. The number of benzene rings is 2. The van der Waals surface area contributed by atoms with Gasteiger partial charge in [-0.3, -0.25) is 4.90 Å². The van der Waals surface area contributed by atoms with E-state index in [9.17, 15) is 4.79 Å². The number of morpholine rings is 1.